The van der Waals surface area contributed by atoms with Crippen molar-refractivity contribution in [3.8, 4) is 0 Å². The molecule has 1 spiro atoms. The standard InChI is InChI=1S/C13H21NO3/c1-10(15)9-14-11(16)7-13(8-12(14)17)5-3-2-4-6-13/h10,15H,2-9H2,1H3. The summed E-state index contributed by atoms with van der Waals surface area (Å²) >= 11 is 0. The van der Waals surface area contributed by atoms with Crippen LogP contribution in [0.4, 0.5) is 0 Å². The van der Waals surface area contributed by atoms with E-state index in [-0.39, 0.29) is 23.8 Å². The fourth-order valence-electron chi connectivity index (χ4n) is 3.16. The molecule has 0 aromatic heterocycles. The Morgan fingerprint density at radius 2 is 1.71 bits per heavy atom. The van der Waals surface area contributed by atoms with Crippen LogP contribution >= 0.6 is 0 Å². The van der Waals surface area contributed by atoms with Crippen molar-refractivity contribution in [3.05, 3.63) is 0 Å². The fraction of sp³-hybridized carbons (Fsp3) is 0.846. The molecule has 0 aromatic rings. The highest BCUT2D eigenvalue weighted by atomic mass is 16.3. The summed E-state index contributed by atoms with van der Waals surface area (Å²) in [5.74, 6) is -0.187. The van der Waals surface area contributed by atoms with Gasteiger partial charge >= 0.3 is 0 Å². The van der Waals surface area contributed by atoms with Crippen LogP contribution in [0.1, 0.15) is 51.9 Å². The molecule has 1 N–H and O–H groups in total. The first-order valence-corrected chi connectivity index (χ1v) is 6.54. The molecular formula is C13H21NO3. The van der Waals surface area contributed by atoms with Crippen molar-refractivity contribution in [1.29, 1.82) is 0 Å². The molecular weight excluding hydrogens is 218 g/mol. The van der Waals surface area contributed by atoms with Gasteiger partial charge in [-0.1, -0.05) is 19.3 Å². The van der Waals surface area contributed by atoms with Crippen molar-refractivity contribution < 1.29 is 14.7 Å². The lowest BCUT2D eigenvalue weighted by Crippen LogP contribution is -2.50. The van der Waals surface area contributed by atoms with Crippen LogP contribution in [-0.4, -0.2) is 34.5 Å². The van der Waals surface area contributed by atoms with Crippen LogP contribution in [0.15, 0.2) is 0 Å². The van der Waals surface area contributed by atoms with E-state index in [1.54, 1.807) is 6.92 Å². The van der Waals surface area contributed by atoms with E-state index in [4.69, 9.17) is 0 Å². The Kier molecular flexibility index (Phi) is 3.52. The van der Waals surface area contributed by atoms with Gasteiger partial charge in [0.15, 0.2) is 0 Å². The second-order valence-electron chi connectivity index (χ2n) is 5.66. The van der Waals surface area contributed by atoms with Gasteiger partial charge in [-0.3, -0.25) is 14.5 Å². The number of aliphatic hydroxyl groups excluding tert-OH is 1. The predicted molar refractivity (Wildman–Crippen MR) is 63.2 cm³/mol. The summed E-state index contributed by atoms with van der Waals surface area (Å²) in [7, 11) is 0. The Morgan fingerprint density at radius 1 is 1.18 bits per heavy atom. The van der Waals surface area contributed by atoms with Crippen molar-refractivity contribution in [2.75, 3.05) is 6.54 Å². The Labute approximate surface area is 102 Å². The number of imide groups is 1. The van der Waals surface area contributed by atoms with Gasteiger partial charge in [0.2, 0.25) is 11.8 Å². The third kappa shape index (κ3) is 2.68. The van der Waals surface area contributed by atoms with E-state index in [1.807, 2.05) is 0 Å². The highest BCUT2D eigenvalue weighted by molar-refractivity contribution is 5.98. The van der Waals surface area contributed by atoms with Gasteiger partial charge in [-0.25, -0.2) is 0 Å². The van der Waals surface area contributed by atoms with Crippen LogP contribution in [0.3, 0.4) is 0 Å². The maximum atomic E-state index is 12.0. The molecule has 2 amide bonds. The maximum Gasteiger partial charge on any atom is 0.229 e. The molecule has 1 saturated carbocycles. The lowest BCUT2D eigenvalue weighted by Gasteiger charge is -2.42. The summed E-state index contributed by atoms with van der Waals surface area (Å²) in [5.41, 5.74) is -0.0540. The molecule has 2 fully saturated rings. The quantitative estimate of drug-likeness (QED) is 0.742. The summed E-state index contributed by atoms with van der Waals surface area (Å²) in [5, 5.41) is 9.30. The summed E-state index contributed by atoms with van der Waals surface area (Å²) in [6.07, 6.45) is 5.86. The van der Waals surface area contributed by atoms with Crippen LogP contribution in [0.2, 0.25) is 0 Å². The predicted octanol–water partition coefficient (Wildman–Crippen LogP) is 1.47. The summed E-state index contributed by atoms with van der Waals surface area (Å²) in [4.78, 5) is 25.3. The van der Waals surface area contributed by atoms with E-state index in [1.165, 1.54) is 11.3 Å². The van der Waals surface area contributed by atoms with E-state index in [2.05, 4.69) is 0 Å². The van der Waals surface area contributed by atoms with E-state index in [9.17, 15) is 14.7 Å². The zero-order valence-electron chi connectivity index (χ0n) is 10.4. The van der Waals surface area contributed by atoms with Crippen molar-refractivity contribution in [2.45, 2.75) is 58.0 Å². The first kappa shape index (κ1) is 12.6. The third-order valence-corrected chi connectivity index (χ3v) is 4.02. The van der Waals surface area contributed by atoms with Crippen molar-refractivity contribution >= 4 is 11.8 Å². The van der Waals surface area contributed by atoms with Gasteiger partial charge < -0.3 is 5.11 Å². The van der Waals surface area contributed by atoms with E-state index in [0.29, 0.717) is 12.8 Å². The summed E-state index contributed by atoms with van der Waals surface area (Å²) in [6.45, 7) is 1.75. The van der Waals surface area contributed by atoms with Gasteiger partial charge in [0.25, 0.3) is 0 Å². The first-order valence-electron chi connectivity index (χ1n) is 6.54. The van der Waals surface area contributed by atoms with E-state index in [0.717, 1.165) is 25.7 Å². The Morgan fingerprint density at radius 3 is 2.18 bits per heavy atom. The SMILES string of the molecule is CC(O)CN1C(=O)CC2(CCCCC2)CC1=O. The van der Waals surface area contributed by atoms with Crippen LogP contribution < -0.4 is 0 Å². The summed E-state index contributed by atoms with van der Waals surface area (Å²) in [6, 6.07) is 0. The minimum Gasteiger partial charge on any atom is -0.392 e. The average molecular weight is 239 g/mol. The Balaban J connectivity index is 2.06. The number of hydrogen-bond acceptors (Lipinski definition) is 3. The molecule has 17 heavy (non-hydrogen) atoms. The number of piperidine rings is 1. The van der Waals surface area contributed by atoms with Gasteiger partial charge in [-0.15, -0.1) is 0 Å². The molecule has 1 aliphatic carbocycles. The molecule has 4 nitrogen and oxygen atoms in total. The van der Waals surface area contributed by atoms with E-state index < -0.39 is 6.10 Å². The normalized spacial score (nSPS) is 26.4. The number of β-amino-alcohol motifs (C(OH)–C–C–N with tert-alkyl or cyclic N) is 1. The largest absolute Gasteiger partial charge is 0.392 e. The first-order chi connectivity index (χ1) is 8.02. The number of hydrogen-bond donors (Lipinski definition) is 1. The summed E-state index contributed by atoms with van der Waals surface area (Å²) < 4.78 is 0. The molecule has 2 rings (SSSR count). The molecule has 1 unspecified atom stereocenters. The number of likely N-dealkylation sites (tertiary alicyclic amines) is 1. The molecule has 1 heterocycles. The molecule has 2 aliphatic rings. The zero-order chi connectivity index (χ0) is 12.5. The van der Waals surface area contributed by atoms with E-state index >= 15 is 0 Å². The van der Waals surface area contributed by atoms with Gasteiger partial charge in [0.1, 0.15) is 0 Å². The Hall–Kier alpha value is -0.900. The van der Waals surface area contributed by atoms with Crippen LogP contribution in [-0.2, 0) is 9.59 Å². The van der Waals surface area contributed by atoms with Gasteiger partial charge in [0.05, 0.1) is 12.6 Å². The van der Waals surface area contributed by atoms with Crippen molar-refractivity contribution in [2.24, 2.45) is 5.41 Å². The molecule has 0 bridgehead atoms. The minimum atomic E-state index is -0.636. The van der Waals surface area contributed by atoms with Crippen molar-refractivity contribution in [1.82, 2.24) is 4.90 Å². The molecule has 0 aromatic carbocycles. The number of carbonyl (C=O) groups is 2. The number of nitrogens with zero attached hydrogens (tertiary/aromatic N) is 1. The fourth-order valence-corrected chi connectivity index (χ4v) is 3.16. The second-order valence-corrected chi connectivity index (χ2v) is 5.66. The minimum absolute atomic E-state index is 0.0540. The molecule has 1 atom stereocenters. The second kappa shape index (κ2) is 4.77. The van der Waals surface area contributed by atoms with Gasteiger partial charge in [0, 0.05) is 12.8 Å². The van der Waals surface area contributed by atoms with Gasteiger partial charge in [-0.2, -0.15) is 0 Å². The number of amides is 2. The average Bonchev–Trinajstić information content (AvgIpc) is 2.24. The third-order valence-electron chi connectivity index (χ3n) is 4.02. The monoisotopic (exact) mass is 239 g/mol. The smallest absolute Gasteiger partial charge is 0.229 e. The van der Waals surface area contributed by atoms with Crippen LogP contribution in [0.5, 0.6) is 0 Å². The highest BCUT2D eigenvalue weighted by Crippen LogP contribution is 2.45. The lowest BCUT2D eigenvalue weighted by molar-refractivity contribution is -0.156. The van der Waals surface area contributed by atoms with Crippen LogP contribution in [0.25, 0.3) is 0 Å². The van der Waals surface area contributed by atoms with Crippen LogP contribution in [0, 0.1) is 5.41 Å². The molecule has 96 valence electrons. The molecule has 4 heteroatoms. The number of aliphatic hydroxyl groups is 1. The zero-order valence-corrected chi connectivity index (χ0v) is 10.4. The van der Waals surface area contributed by atoms with Crippen molar-refractivity contribution in [3.63, 3.8) is 0 Å². The Bertz CT molecular complexity index is 299. The topological polar surface area (TPSA) is 57.6 Å². The highest BCUT2D eigenvalue weighted by Gasteiger charge is 2.43. The maximum absolute atomic E-state index is 12.0. The molecule has 1 saturated heterocycles. The van der Waals surface area contributed by atoms with Gasteiger partial charge in [-0.05, 0) is 25.2 Å². The number of rotatable bonds is 2. The number of carbonyl (C=O) groups excluding carboxylic acids is 2. The molecule has 0 radical (unpaired) electrons. The lowest BCUT2D eigenvalue weighted by atomic mass is 9.67. The molecule has 1 aliphatic heterocycles.